The van der Waals surface area contributed by atoms with Crippen molar-refractivity contribution >= 4 is 39.9 Å². The number of pyridine rings is 2. The topological polar surface area (TPSA) is 109 Å². The molecule has 0 spiro atoms. The van der Waals surface area contributed by atoms with Crippen LogP contribution in [0.3, 0.4) is 0 Å². The van der Waals surface area contributed by atoms with E-state index < -0.39 is 28.9 Å². The molecule has 10 nitrogen and oxygen atoms in total. The van der Waals surface area contributed by atoms with Gasteiger partial charge in [0.15, 0.2) is 11.6 Å². The van der Waals surface area contributed by atoms with Crippen LogP contribution in [0, 0.1) is 17.0 Å². The van der Waals surface area contributed by atoms with Crippen LogP contribution in [0.15, 0.2) is 67.0 Å². The largest absolute Gasteiger partial charge is 0.453 e. The van der Waals surface area contributed by atoms with Gasteiger partial charge >= 0.3 is 0 Å². The monoisotopic (exact) mass is 628 g/mol. The smallest absolute Gasteiger partial charge is 0.240 e. The van der Waals surface area contributed by atoms with Gasteiger partial charge in [-0.2, -0.15) is 0 Å². The number of piperidine rings is 1. The molecule has 4 aromatic rings. The van der Waals surface area contributed by atoms with Crippen molar-refractivity contribution in [2.75, 3.05) is 54.9 Å². The van der Waals surface area contributed by atoms with Crippen molar-refractivity contribution in [3.8, 4) is 11.5 Å². The van der Waals surface area contributed by atoms with E-state index in [-0.39, 0.29) is 11.4 Å². The van der Waals surface area contributed by atoms with Gasteiger partial charge in [0.2, 0.25) is 11.8 Å². The Balaban J connectivity index is 0.991. The number of halogens is 2. The van der Waals surface area contributed by atoms with Crippen molar-refractivity contribution in [1.82, 2.24) is 14.9 Å². The lowest BCUT2D eigenvalue weighted by atomic mass is 10.0. The summed E-state index contributed by atoms with van der Waals surface area (Å²) in [5.74, 6) is -0.918. The van der Waals surface area contributed by atoms with Crippen LogP contribution in [0.5, 0.6) is 11.5 Å². The third-order valence-corrected chi connectivity index (χ3v) is 9.05. The number of hydrogen-bond acceptors (Lipinski definition) is 8. The van der Waals surface area contributed by atoms with Gasteiger partial charge in [0.05, 0.1) is 24.1 Å². The SMILES string of the molecule is O=C(Nc1ccc(F)cc1)C1(C(=O)Nc2ccc(Oc3ccnc4cc(N5CCC(N6CCOCC6)CC5)ncc34)c(F)c2)CC1. The molecule has 2 aromatic heterocycles. The highest BCUT2D eigenvalue weighted by Gasteiger charge is 2.56. The molecule has 12 heteroatoms. The summed E-state index contributed by atoms with van der Waals surface area (Å²) in [6.07, 6.45) is 6.16. The fraction of sp³-hybridized carbons (Fsp3) is 0.353. The molecule has 2 N–H and O–H groups in total. The van der Waals surface area contributed by atoms with Gasteiger partial charge in [-0.05, 0) is 68.1 Å². The average molecular weight is 629 g/mol. The minimum Gasteiger partial charge on any atom is -0.453 e. The predicted octanol–water partition coefficient (Wildman–Crippen LogP) is 5.36. The molecule has 3 aliphatic rings. The van der Waals surface area contributed by atoms with E-state index in [0.717, 1.165) is 64.1 Å². The number of aromatic nitrogens is 2. The van der Waals surface area contributed by atoms with E-state index in [4.69, 9.17) is 14.5 Å². The second-order valence-electron chi connectivity index (χ2n) is 12.0. The standard InChI is InChI=1S/C34H34F2N6O4/c35-22-1-3-23(4-2-22)39-32(43)34(10-11-34)33(44)40-24-5-6-30(27(36)19-24)46-29-7-12-37-28-20-31(38-21-26(28)29)42-13-8-25(9-14-42)41-15-17-45-18-16-41/h1-7,12,19-21,25H,8-11,13-18H2,(H,39,43)(H,40,44). The maximum absolute atomic E-state index is 15.2. The lowest BCUT2D eigenvalue weighted by molar-refractivity contribution is -0.131. The number of fused-ring (bicyclic) bond motifs is 1. The molecule has 2 aromatic carbocycles. The van der Waals surface area contributed by atoms with Crippen LogP contribution in [-0.2, 0) is 14.3 Å². The van der Waals surface area contributed by atoms with Gasteiger partial charge < -0.3 is 25.0 Å². The van der Waals surface area contributed by atoms with E-state index in [2.05, 4.69) is 25.4 Å². The number of carbonyl (C=O) groups excluding carboxylic acids is 2. The molecule has 0 unspecified atom stereocenters. The van der Waals surface area contributed by atoms with E-state index in [1.165, 1.54) is 36.4 Å². The Morgan fingerprint density at radius 1 is 0.848 bits per heavy atom. The van der Waals surface area contributed by atoms with Gasteiger partial charge in [-0.15, -0.1) is 0 Å². The molecule has 46 heavy (non-hydrogen) atoms. The number of benzene rings is 2. The number of morpholine rings is 1. The number of rotatable bonds is 8. The quantitative estimate of drug-likeness (QED) is 0.251. The first-order chi connectivity index (χ1) is 22.4. The summed E-state index contributed by atoms with van der Waals surface area (Å²) < 4.78 is 39.9. The third-order valence-electron chi connectivity index (χ3n) is 9.05. The van der Waals surface area contributed by atoms with E-state index in [9.17, 15) is 14.0 Å². The van der Waals surface area contributed by atoms with Crippen LogP contribution in [-0.4, -0.2) is 72.1 Å². The first kappa shape index (κ1) is 30.0. The molecular formula is C34H34F2N6O4. The van der Waals surface area contributed by atoms with Crippen molar-refractivity contribution in [3.63, 3.8) is 0 Å². The predicted molar refractivity (Wildman–Crippen MR) is 169 cm³/mol. The van der Waals surface area contributed by atoms with E-state index in [0.29, 0.717) is 41.2 Å². The zero-order valence-corrected chi connectivity index (χ0v) is 25.2. The number of nitrogens with zero attached hydrogens (tertiary/aromatic N) is 4. The Hall–Kier alpha value is -4.68. The lowest BCUT2D eigenvalue weighted by Gasteiger charge is -2.40. The van der Waals surface area contributed by atoms with Gasteiger partial charge in [-0.25, -0.2) is 13.8 Å². The van der Waals surface area contributed by atoms with Crippen molar-refractivity contribution < 1.29 is 27.8 Å². The maximum atomic E-state index is 15.2. The van der Waals surface area contributed by atoms with Gasteiger partial charge in [-0.1, -0.05) is 0 Å². The molecule has 238 valence electrons. The Kier molecular flexibility index (Phi) is 8.22. The number of carbonyl (C=O) groups is 2. The van der Waals surface area contributed by atoms with E-state index in [1.54, 1.807) is 18.5 Å². The minimum atomic E-state index is -1.26. The summed E-state index contributed by atoms with van der Waals surface area (Å²) in [6.45, 7) is 5.39. The Morgan fingerprint density at radius 3 is 2.24 bits per heavy atom. The van der Waals surface area contributed by atoms with Crippen LogP contribution >= 0.6 is 0 Å². The maximum Gasteiger partial charge on any atom is 0.240 e. The molecule has 2 saturated heterocycles. The second-order valence-corrected chi connectivity index (χ2v) is 12.0. The third kappa shape index (κ3) is 6.22. The highest BCUT2D eigenvalue weighted by molar-refractivity contribution is 6.16. The summed E-state index contributed by atoms with van der Waals surface area (Å²) in [4.78, 5) is 39.9. The van der Waals surface area contributed by atoms with Crippen molar-refractivity contribution in [3.05, 3.63) is 78.6 Å². The zero-order chi connectivity index (χ0) is 31.7. The average Bonchev–Trinajstić information content (AvgIpc) is 3.90. The van der Waals surface area contributed by atoms with Gasteiger partial charge in [0, 0.05) is 68.1 Å². The second kappa shape index (κ2) is 12.6. The highest BCUT2D eigenvalue weighted by atomic mass is 19.1. The lowest BCUT2D eigenvalue weighted by Crippen LogP contribution is -2.49. The summed E-state index contributed by atoms with van der Waals surface area (Å²) in [5.41, 5.74) is 0.00690. The molecule has 1 aliphatic carbocycles. The molecule has 0 radical (unpaired) electrons. The number of ether oxygens (including phenoxy) is 2. The van der Waals surface area contributed by atoms with Gasteiger partial charge in [-0.3, -0.25) is 19.5 Å². The van der Waals surface area contributed by atoms with Crippen LogP contribution in [0.4, 0.5) is 26.0 Å². The van der Waals surface area contributed by atoms with Crippen molar-refractivity contribution in [2.45, 2.75) is 31.7 Å². The Bertz CT molecular complexity index is 1750. The van der Waals surface area contributed by atoms with Crippen LogP contribution < -0.4 is 20.3 Å². The van der Waals surface area contributed by atoms with E-state index in [1.807, 2.05) is 6.07 Å². The van der Waals surface area contributed by atoms with Crippen LogP contribution in [0.25, 0.3) is 10.9 Å². The van der Waals surface area contributed by atoms with Crippen molar-refractivity contribution in [1.29, 1.82) is 0 Å². The molecule has 3 fully saturated rings. The Morgan fingerprint density at radius 2 is 1.54 bits per heavy atom. The minimum absolute atomic E-state index is 0.0325. The summed E-state index contributed by atoms with van der Waals surface area (Å²) in [6, 6.07) is 13.6. The Labute approximate surface area is 264 Å². The first-order valence-corrected chi connectivity index (χ1v) is 15.6. The number of amides is 2. The first-order valence-electron chi connectivity index (χ1n) is 15.6. The summed E-state index contributed by atoms with van der Waals surface area (Å²) >= 11 is 0. The molecule has 0 atom stereocenters. The fourth-order valence-corrected chi connectivity index (χ4v) is 6.17. The molecular weight excluding hydrogens is 594 g/mol. The molecule has 0 bridgehead atoms. The van der Waals surface area contributed by atoms with Crippen LogP contribution in [0.1, 0.15) is 25.7 Å². The summed E-state index contributed by atoms with van der Waals surface area (Å²) in [5, 5.41) is 5.96. The molecule has 4 heterocycles. The normalized spacial score (nSPS) is 18.3. The molecule has 2 aliphatic heterocycles. The summed E-state index contributed by atoms with van der Waals surface area (Å²) in [7, 11) is 0. The van der Waals surface area contributed by atoms with Crippen LogP contribution in [0.2, 0.25) is 0 Å². The number of nitrogens with one attached hydrogen (secondary N) is 2. The van der Waals surface area contributed by atoms with Crippen molar-refractivity contribution in [2.24, 2.45) is 5.41 Å². The fourth-order valence-electron chi connectivity index (χ4n) is 6.17. The zero-order valence-electron chi connectivity index (χ0n) is 25.2. The van der Waals surface area contributed by atoms with E-state index >= 15 is 4.39 Å². The molecule has 2 amide bonds. The highest BCUT2D eigenvalue weighted by Crippen LogP contribution is 2.47. The molecule has 1 saturated carbocycles. The molecule has 7 rings (SSSR count). The number of hydrogen-bond donors (Lipinski definition) is 2. The van der Waals surface area contributed by atoms with Gasteiger partial charge in [0.25, 0.3) is 0 Å². The number of anilines is 3. The van der Waals surface area contributed by atoms with Gasteiger partial charge in [0.1, 0.15) is 22.8 Å².